The Morgan fingerprint density at radius 2 is 1.88 bits per heavy atom. The van der Waals surface area contributed by atoms with Crippen molar-refractivity contribution in [2.75, 3.05) is 37.7 Å². The predicted molar refractivity (Wildman–Crippen MR) is 181 cm³/mol. The van der Waals surface area contributed by atoms with Gasteiger partial charge in [0.2, 0.25) is 0 Å². The van der Waals surface area contributed by atoms with E-state index in [2.05, 4.69) is 19.9 Å². The largest absolute Gasteiger partial charge is 0.508 e. The summed E-state index contributed by atoms with van der Waals surface area (Å²) >= 11 is 0. The molecule has 6 heterocycles. The van der Waals surface area contributed by atoms with Crippen LogP contribution in [0.2, 0.25) is 0 Å². The van der Waals surface area contributed by atoms with Gasteiger partial charge < -0.3 is 19.6 Å². The van der Waals surface area contributed by atoms with Gasteiger partial charge in [0.25, 0.3) is 0 Å². The number of fused-ring (bicyclic) bond motifs is 5. The molecule has 11 nitrogen and oxygen atoms in total. The minimum Gasteiger partial charge on any atom is -0.508 e. The van der Waals surface area contributed by atoms with E-state index in [1.54, 1.807) is 24.3 Å². The molecule has 13 heteroatoms. The Hall–Kier alpha value is -5.35. The average Bonchev–Trinajstić information content (AvgIpc) is 3.88. The van der Waals surface area contributed by atoms with Crippen LogP contribution in [0.1, 0.15) is 37.7 Å². The van der Waals surface area contributed by atoms with Crippen LogP contribution >= 0.6 is 0 Å². The van der Waals surface area contributed by atoms with Crippen molar-refractivity contribution < 1.29 is 23.4 Å². The Bertz CT molecular complexity index is 2210. The van der Waals surface area contributed by atoms with Gasteiger partial charge in [-0.15, -0.1) is 0 Å². The zero-order chi connectivity index (χ0) is 34.1. The first-order valence-corrected chi connectivity index (χ1v) is 17.1. The molecule has 4 aliphatic rings. The summed E-state index contributed by atoms with van der Waals surface area (Å²) in [5.41, 5.74) is 0.762. The fraction of sp³-hybridized carbons (Fsp3) is 0.378. The minimum absolute atomic E-state index is 0.0132. The van der Waals surface area contributed by atoms with Crippen LogP contribution in [0.5, 0.6) is 11.8 Å². The summed E-state index contributed by atoms with van der Waals surface area (Å²) in [6.07, 6.45) is 5.58. The highest BCUT2D eigenvalue weighted by atomic mass is 19.1. The summed E-state index contributed by atoms with van der Waals surface area (Å²) < 4.78 is 39.0. The zero-order valence-corrected chi connectivity index (χ0v) is 27.2. The lowest BCUT2D eigenvalue weighted by atomic mass is 9.95. The second-order valence-electron chi connectivity index (χ2n) is 14.0. The molecule has 50 heavy (non-hydrogen) atoms. The molecule has 4 saturated heterocycles. The smallest absolute Gasteiger partial charge is 0.345 e. The Kier molecular flexibility index (Phi) is 7.13. The molecule has 0 saturated carbocycles. The van der Waals surface area contributed by atoms with Crippen LogP contribution in [0.3, 0.4) is 0 Å². The number of aromatic hydroxyl groups is 1. The van der Waals surface area contributed by atoms with E-state index in [0.29, 0.717) is 48.4 Å². The Morgan fingerprint density at radius 3 is 2.68 bits per heavy atom. The number of piperazine rings is 1. The number of carbonyl (C=O) groups excluding carboxylic acids is 1. The molecule has 2 unspecified atom stereocenters. The van der Waals surface area contributed by atoms with Crippen molar-refractivity contribution in [1.29, 1.82) is 5.26 Å². The van der Waals surface area contributed by atoms with Crippen LogP contribution in [0.4, 0.5) is 19.4 Å². The van der Waals surface area contributed by atoms with Gasteiger partial charge in [-0.1, -0.05) is 30.3 Å². The molecule has 2 bridgehead atoms. The molecule has 254 valence electrons. The number of ether oxygens (including phenoxy) is 1. The second kappa shape index (κ2) is 11.6. The van der Waals surface area contributed by atoms with E-state index < -0.39 is 17.5 Å². The van der Waals surface area contributed by atoms with Crippen molar-refractivity contribution in [2.45, 2.75) is 55.9 Å². The first kappa shape index (κ1) is 30.7. The fourth-order valence-electron chi connectivity index (χ4n) is 8.80. The third kappa shape index (κ3) is 4.92. The summed E-state index contributed by atoms with van der Waals surface area (Å²) in [5.74, 6) is -0.0435. The van der Waals surface area contributed by atoms with Gasteiger partial charge in [-0.2, -0.15) is 25.0 Å². The van der Waals surface area contributed by atoms with Crippen molar-refractivity contribution in [2.24, 2.45) is 0 Å². The van der Waals surface area contributed by atoms with E-state index in [-0.39, 0.29) is 47.6 Å². The number of nitrogens with zero attached hydrogens (tertiary/aromatic N) is 8. The van der Waals surface area contributed by atoms with Crippen molar-refractivity contribution >= 4 is 33.5 Å². The van der Waals surface area contributed by atoms with Gasteiger partial charge in [-0.3, -0.25) is 4.90 Å². The van der Waals surface area contributed by atoms with Crippen LogP contribution in [-0.4, -0.2) is 97.3 Å². The number of anilines is 1. The number of hydrogen-bond acceptors (Lipinski definition) is 9. The number of phenolic OH excluding ortho intramolecular Hbond substituents is 1. The van der Waals surface area contributed by atoms with Crippen LogP contribution < -0.4 is 9.64 Å². The molecule has 0 spiro atoms. The standard InChI is InChI=1S/C37H34F2N8O3/c38-24-14-37(10-3-11-45(37)18-24)21-50-35-42-33-30(9-8-29(32(33)39)31-13-27(48)12-23-4-1-2-5-28(23)31)34(43-35)44-19-25-6-7-26(20-44)47(25)36(49)46-17-22(15-40)16-41-46/h1-2,4-5,8-9,12-13,16-17,24-26,48H,3,6-7,10-11,14,18-21H2/t24-,25?,26?,37+/m1/s1. The molecule has 0 aliphatic carbocycles. The molecule has 3 aromatic carbocycles. The average molecular weight is 677 g/mol. The van der Waals surface area contributed by atoms with E-state index in [4.69, 9.17) is 9.72 Å². The summed E-state index contributed by atoms with van der Waals surface area (Å²) in [5, 5.41) is 25.9. The zero-order valence-electron chi connectivity index (χ0n) is 27.2. The molecular weight excluding hydrogens is 642 g/mol. The second-order valence-corrected chi connectivity index (χ2v) is 14.0. The van der Waals surface area contributed by atoms with Crippen molar-refractivity contribution in [3.63, 3.8) is 0 Å². The first-order valence-electron chi connectivity index (χ1n) is 17.1. The third-order valence-electron chi connectivity index (χ3n) is 11.0. The highest BCUT2D eigenvalue weighted by molar-refractivity contribution is 6.01. The van der Waals surface area contributed by atoms with Gasteiger partial charge in [-0.05, 0) is 66.8 Å². The highest BCUT2D eigenvalue weighted by Gasteiger charge is 2.49. The number of nitriles is 1. The molecule has 4 atom stereocenters. The van der Waals surface area contributed by atoms with E-state index in [0.717, 1.165) is 43.0 Å². The molecule has 9 rings (SSSR count). The number of amides is 1. The highest BCUT2D eigenvalue weighted by Crippen LogP contribution is 2.42. The Labute approximate surface area is 286 Å². The molecule has 1 amide bonds. The number of phenols is 1. The SMILES string of the molecule is N#Cc1cnn(C(=O)N2C3CCC2CN(c2nc(OC[C@@]45CCCN4C[C@H](F)C5)nc4c(F)c(-c5cc(O)cc6ccccc56)ccc24)C3)c1. The van der Waals surface area contributed by atoms with Crippen LogP contribution in [0.15, 0.2) is 60.9 Å². The molecule has 5 aromatic rings. The maximum Gasteiger partial charge on any atom is 0.345 e. The summed E-state index contributed by atoms with van der Waals surface area (Å²) in [6.45, 7) is 2.28. The number of carbonyl (C=O) groups is 1. The lowest BCUT2D eigenvalue weighted by molar-refractivity contribution is 0.107. The van der Waals surface area contributed by atoms with Crippen LogP contribution in [-0.2, 0) is 0 Å². The number of alkyl halides is 1. The van der Waals surface area contributed by atoms with Gasteiger partial charge >= 0.3 is 12.0 Å². The summed E-state index contributed by atoms with van der Waals surface area (Å²) in [6, 6.07) is 15.6. The van der Waals surface area contributed by atoms with E-state index in [1.807, 2.05) is 35.2 Å². The van der Waals surface area contributed by atoms with Gasteiger partial charge in [0.15, 0.2) is 5.82 Å². The molecule has 0 radical (unpaired) electrons. The van der Waals surface area contributed by atoms with Crippen LogP contribution in [0.25, 0.3) is 32.8 Å². The van der Waals surface area contributed by atoms with E-state index >= 15 is 4.39 Å². The van der Waals surface area contributed by atoms with Gasteiger partial charge in [0.1, 0.15) is 35.9 Å². The monoisotopic (exact) mass is 676 g/mol. The van der Waals surface area contributed by atoms with Gasteiger partial charge in [0.05, 0.1) is 35.6 Å². The van der Waals surface area contributed by atoms with Gasteiger partial charge in [0, 0.05) is 37.0 Å². The number of benzene rings is 3. The van der Waals surface area contributed by atoms with Gasteiger partial charge in [-0.25, -0.2) is 13.6 Å². The van der Waals surface area contributed by atoms with E-state index in [9.17, 15) is 19.6 Å². The fourth-order valence-corrected chi connectivity index (χ4v) is 8.80. The molecule has 2 aromatic heterocycles. The topological polar surface area (TPSA) is 124 Å². The summed E-state index contributed by atoms with van der Waals surface area (Å²) in [7, 11) is 0. The number of halogens is 2. The molecule has 4 aliphatic heterocycles. The van der Waals surface area contributed by atoms with Crippen molar-refractivity contribution in [3.05, 3.63) is 72.3 Å². The normalized spacial score (nSPS) is 24.6. The van der Waals surface area contributed by atoms with Crippen LogP contribution in [0, 0.1) is 17.1 Å². The lowest BCUT2D eigenvalue weighted by Gasteiger charge is -2.41. The summed E-state index contributed by atoms with van der Waals surface area (Å²) in [4.78, 5) is 29.1. The maximum absolute atomic E-state index is 16.9. The van der Waals surface area contributed by atoms with Crippen molar-refractivity contribution in [3.8, 4) is 29.0 Å². The Morgan fingerprint density at radius 1 is 1.06 bits per heavy atom. The lowest BCUT2D eigenvalue weighted by Crippen LogP contribution is -2.57. The predicted octanol–water partition coefficient (Wildman–Crippen LogP) is 5.64. The number of aromatic nitrogens is 4. The molecule has 4 fully saturated rings. The van der Waals surface area contributed by atoms with Crippen molar-refractivity contribution in [1.82, 2.24) is 29.5 Å². The number of rotatable bonds is 5. The quantitative estimate of drug-likeness (QED) is 0.252. The number of hydrogen-bond donors (Lipinski definition) is 1. The Balaban J connectivity index is 1.11. The first-order chi connectivity index (χ1) is 24.3. The third-order valence-corrected chi connectivity index (χ3v) is 11.0. The minimum atomic E-state index is -0.924. The van der Waals surface area contributed by atoms with E-state index in [1.165, 1.54) is 17.1 Å². The molecule has 1 N–H and O–H groups in total. The molecular formula is C37H34F2N8O3. The maximum atomic E-state index is 16.9.